The van der Waals surface area contributed by atoms with Crippen LogP contribution < -0.4 is 9.47 Å². The molecule has 10 nitrogen and oxygen atoms in total. The summed E-state index contributed by atoms with van der Waals surface area (Å²) in [5.74, 6) is 0.0458. The Bertz CT molecular complexity index is 1910. The van der Waals surface area contributed by atoms with Crippen molar-refractivity contribution in [2.45, 2.75) is 67.6 Å². The van der Waals surface area contributed by atoms with Crippen LogP contribution in [-0.2, 0) is 9.57 Å². The molecule has 0 bridgehead atoms. The number of oxime groups is 1. The molecule has 0 unspecified atom stereocenters. The van der Waals surface area contributed by atoms with Gasteiger partial charge in [-0.25, -0.2) is 0 Å². The van der Waals surface area contributed by atoms with Crippen LogP contribution in [0.25, 0.3) is 0 Å². The van der Waals surface area contributed by atoms with Crippen molar-refractivity contribution in [1.29, 1.82) is 5.26 Å². The third-order valence-corrected chi connectivity index (χ3v) is 11.9. The third kappa shape index (κ3) is 8.33. The minimum absolute atomic E-state index is 0.0894. The number of rotatable bonds is 17. The van der Waals surface area contributed by atoms with Crippen molar-refractivity contribution in [3.8, 4) is 23.3 Å². The van der Waals surface area contributed by atoms with Crippen LogP contribution in [0, 0.1) is 29.1 Å². The molecule has 0 aromatic heterocycles. The first-order valence-corrected chi connectivity index (χ1v) is 20.3. The second-order valence-corrected chi connectivity index (χ2v) is 15.2. The van der Waals surface area contributed by atoms with Crippen molar-refractivity contribution in [2.75, 3.05) is 40.2 Å². The van der Waals surface area contributed by atoms with Crippen LogP contribution in [0.4, 0.5) is 0 Å². The molecular weight excluding hydrogens is 715 g/mol. The van der Waals surface area contributed by atoms with Crippen molar-refractivity contribution >= 4 is 23.4 Å². The zero-order chi connectivity index (χ0) is 39.0. The van der Waals surface area contributed by atoms with Crippen LogP contribution in [0.3, 0.4) is 0 Å². The summed E-state index contributed by atoms with van der Waals surface area (Å²) in [7, 11) is 3.29. The fraction of sp³-hybridized carbons (Fsp3) is 0.432. The zero-order valence-electron chi connectivity index (χ0n) is 31.9. The molecule has 0 saturated heterocycles. The first-order chi connectivity index (χ1) is 26.8. The molecule has 3 aliphatic rings. The molecule has 0 spiro atoms. The van der Waals surface area contributed by atoms with E-state index in [-0.39, 0.29) is 43.5 Å². The molecule has 1 saturated carbocycles. The molecule has 1 aliphatic heterocycles. The van der Waals surface area contributed by atoms with Gasteiger partial charge >= 0.3 is 0 Å². The number of unbranched alkanes of at least 4 members (excludes halogenated alkanes) is 2. The van der Waals surface area contributed by atoms with Crippen LogP contribution in [0.1, 0.15) is 72.3 Å². The van der Waals surface area contributed by atoms with Gasteiger partial charge < -0.3 is 34.2 Å². The van der Waals surface area contributed by atoms with E-state index in [4.69, 9.17) is 19.0 Å². The second-order valence-electron chi connectivity index (χ2n) is 14.3. The van der Waals surface area contributed by atoms with Crippen molar-refractivity contribution in [3.05, 3.63) is 108 Å². The van der Waals surface area contributed by atoms with Gasteiger partial charge in [-0.05, 0) is 116 Å². The number of aliphatic hydroxyl groups excluding tert-OH is 2. The van der Waals surface area contributed by atoms with E-state index < -0.39 is 17.7 Å². The van der Waals surface area contributed by atoms with E-state index in [2.05, 4.69) is 29.9 Å². The number of carbonyl (C=O) groups is 1. The predicted octanol–water partition coefficient (Wildman–Crippen LogP) is 8.11. The summed E-state index contributed by atoms with van der Waals surface area (Å²) in [4.78, 5) is 22.7. The highest BCUT2D eigenvalue weighted by atomic mass is 32.2. The molecule has 1 amide bonds. The van der Waals surface area contributed by atoms with Gasteiger partial charge in [0.2, 0.25) is 5.79 Å². The summed E-state index contributed by atoms with van der Waals surface area (Å²) in [6, 6.07) is 22.0. The lowest BCUT2D eigenvalue weighted by atomic mass is 9.55. The summed E-state index contributed by atoms with van der Waals surface area (Å²) in [6.07, 6.45) is 11.1. The van der Waals surface area contributed by atoms with Gasteiger partial charge in [0.05, 0.1) is 29.9 Å². The molecule has 3 aromatic rings. The molecule has 0 radical (unpaired) electrons. The standard InChI is InChI=1S/C44H51N3O7S/c1-5-24-52-44-40(47(2)43(50)30-14-12-29(28-45)13-15-30)27-38(46-51-3)36-25-31(10-6-8-22-48)35(11-7-9-23-49)41(42(36)44)37-26-33(18-21-39(37)54-44)53-32-16-19-34(55-4)20-17-32/h5,12-21,25-26,31,35,40-42,48-49H,1,6-11,22-24,27H2,2-4H3/t31-,35+,40-,41+,42+,44+/m0/s1. The Labute approximate surface area is 328 Å². The molecule has 55 heavy (non-hydrogen) atoms. The normalized spacial score (nSPS) is 24.4. The topological polar surface area (TPSA) is 134 Å². The van der Waals surface area contributed by atoms with Crippen molar-refractivity contribution in [2.24, 2.45) is 22.9 Å². The van der Waals surface area contributed by atoms with Crippen molar-refractivity contribution in [3.63, 3.8) is 0 Å². The first kappa shape index (κ1) is 40.1. The van der Waals surface area contributed by atoms with E-state index in [0.29, 0.717) is 47.6 Å². The number of likely N-dealkylation sites (N-methyl/N-ethyl adjacent to an activating group) is 1. The van der Waals surface area contributed by atoms with Crippen LogP contribution in [-0.4, -0.2) is 78.8 Å². The predicted molar refractivity (Wildman–Crippen MR) is 214 cm³/mol. The molecule has 6 atom stereocenters. The Kier molecular flexibility index (Phi) is 13.4. The highest BCUT2D eigenvalue weighted by molar-refractivity contribution is 7.98. The molecule has 11 heteroatoms. The van der Waals surface area contributed by atoms with E-state index in [1.54, 1.807) is 54.1 Å². The molecule has 1 heterocycles. The van der Waals surface area contributed by atoms with Gasteiger partial charge in [0.15, 0.2) is 0 Å². The molecule has 2 aliphatic carbocycles. The Morgan fingerprint density at radius 3 is 2.42 bits per heavy atom. The zero-order valence-corrected chi connectivity index (χ0v) is 32.7. The van der Waals surface area contributed by atoms with Crippen molar-refractivity contribution < 1.29 is 34.1 Å². The largest absolute Gasteiger partial charge is 0.459 e. The van der Waals surface area contributed by atoms with Crippen LogP contribution in [0.2, 0.25) is 0 Å². The van der Waals surface area contributed by atoms with Crippen LogP contribution in [0.15, 0.2) is 101 Å². The Morgan fingerprint density at radius 1 is 1.05 bits per heavy atom. The number of hydrogen-bond acceptors (Lipinski definition) is 10. The van der Waals surface area contributed by atoms with Gasteiger partial charge in [0.25, 0.3) is 5.91 Å². The fourth-order valence-electron chi connectivity index (χ4n) is 8.71. The number of nitriles is 1. The van der Waals surface area contributed by atoms with Gasteiger partial charge in [0, 0.05) is 48.6 Å². The van der Waals surface area contributed by atoms with Gasteiger partial charge in [-0.3, -0.25) is 4.79 Å². The third-order valence-electron chi connectivity index (χ3n) is 11.2. The molecule has 2 N–H and O–H groups in total. The maximum absolute atomic E-state index is 14.4. The van der Waals surface area contributed by atoms with Crippen molar-refractivity contribution in [1.82, 2.24) is 4.90 Å². The summed E-state index contributed by atoms with van der Waals surface area (Å²) in [5, 5.41) is 33.6. The number of nitrogens with zero attached hydrogens (tertiary/aromatic N) is 3. The van der Waals surface area contributed by atoms with Gasteiger partial charge in [-0.2, -0.15) is 5.26 Å². The number of benzene rings is 3. The smallest absolute Gasteiger partial charge is 0.254 e. The highest BCUT2D eigenvalue weighted by Crippen LogP contribution is 2.62. The summed E-state index contributed by atoms with van der Waals surface area (Å²) in [6.45, 7) is 4.37. The van der Waals surface area contributed by atoms with Crippen LogP contribution in [0.5, 0.6) is 17.2 Å². The number of fused-ring (bicyclic) bond motifs is 2. The number of amides is 1. The average Bonchev–Trinajstić information content (AvgIpc) is 3.21. The molecular formula is C44H51N3O7S. The number of ether oxygens (including phenoxy) is 3. The first-order valence-electron chi connectivity index (χ1n) is 19.0. The summed E-state index contributed by atoms with van der Waals surface area (Å²) >= 11 is 1.67. The lowest BCUT2D eigenvalue weighted by molar-refractivity contribution is -0.252. The Hall–Kier alpha value is -4.60. The SMILES string of the molecule is C=CCO[C@@]12Oc3ccc(Oc4ccc(SC)cc4)cc3[C@H]3[C@H](CCCCO)[C@@H](CCCCO)C=C(C(=NOC)C[C@@H]1N(C)C(=O)c1ccc(C#N)cc1)[C@H]32. The number of aliphatic hydroxyl groups is 2. The average molecular weight is 766 g/mol. The quantitative estimate of drug-likeness (QED) is 0.0605. The van der Waals surface area contributed by atoms with Crippen LogP contribution >= 0.6 is 11.8 Å². The highest BCUT2D eigenvalue weighted by Gasteiger charge is 2.65. The second kappa shape index (κ2) is 18.4. The maximum atomic E-state index is 14.4. The number of thioether (sulfide) groups is 1. The lowest BCUT2D eigenvalue weighted by Gasteiger charge is -2.59. The summed E-state index contributed by atoms with van der Waals surface area (Å²) < 4.78 is 20.6. The molecule has 3 aromatic carbocycles. The number of hydrogen-bond donors (Lipinski definition) is 2. The Morgan fingerprint density at radius 2 is 1.76 bits per heavy atom. The van der Waals surface area contributed by atoms with E-state index in [1.807, 2.05) is 42.7 Å². The molecule has 290 valence electrons. The van der Waals surface area contributed by atoms with E-state index >= 15 is 0 Å². The number of carbonyl (C=O) groups excluding carboxylic acids is 1. The molecule has 1 fully saturated rings. The minimum Gasteiger partial charge on any atom is -0.459 e. The van der Waals surface area contributed by atoms with E-state index in [0.717, 1.165) is 47.5 Å². The molecule has 6 rings (SSSR count). The monoisotopic (exact) mass is 765 g/mol. The van der Waals surface area contributed by atoms with E-state index in [1.165, 1.54) is 7.11 Å². The van der Waals surface area contributed by atoms with Gasteiger partial charge in [-0.15, -0.1) is 18.3 Å². The number of allylic oxidation sites excluding steroid dienone is 1. The minimum atomic E-state index is -1.36. The Balaban J connectivity index is 1.54. The van der Waals surface area contributed by atoms with E-state index in [9.17, 15) is 20.3 Å². The fourth-order valence-corrected chi connectivity index (χ4v) is 9.12. The summed E-state index contributed by atoms with van der Waals surface area (Å²) in [5.41, 5.74) is 3.55. The van der Waals surface area contributed by atoms with Gasteiger partial charge in [0.1, 0.15) is 30.4 Å². The lowest BCUT2D eigenvalue weighted by Crippen LogP contribution is -2.69. The van der Waals surface area contributed by atoms with Gasteiger partial charge in [-0.1, -0.05) is 30.1 Å². The maximum Gasteiger partial charge on any atom is 0.254 e.